The second-order valence-electron chi connectivity index (χ2n) is 6.08. The number of pyridine rings is 1. The Morgan fingerprint density at radius 1 is 0.923 bits per heavy atom. The number of likely N-dealkylation sites (N-methyl/N-ethyl adjacent to an activating group) is 1. The lowest BCUT2D eigenvalue weighted by atomic mass is 9.85. The van der Waals surface area contributed by atoms with Crippen LogP contribution in [-0.4, -0.2) is 27.4 Å². The van der Waals surface area contributed by atoms with Crippen molar-refractivity contribution in [3.63, 3.8) is 0 Å². The fourth-order valence-electron chi connectivity index (χ4n) is 3.02. The molecular formula is C22H22N2O2. The van der Waals surface area contributed by atoms with Crippen LogP contribution >= 0.6 is 0 Å². The van der Waals surface area contributed by atoms with E-state index in [1.165, 1.54) is 0 Å². The lowest BCUT2D eigenvalue weighted by Crippen LogP contribution is -2.47. The minimum absolute atomic E-state index is 0.345. The van der Waals surface area contributed by atoms with Crippen LogP contribution in [0.25, 0.3) is 0 Å². The lowest BCUT2D eigenvalue weighted by Gasteiger charge is -2.33. The van der Waals surface area contributed by atoms with Gasteiger partial charge >= 0.3 is 0 Å². The Bertz CT molecular complexity index is 796. The van der Waals surface area contributed by atoms with E-state index in [0.717, 1.165) is 5.69 Å². The molecule has 0 bridgehead atoms. The van der Waals surface area contributed by atoms with Crippen molar-refractivity contribution in [2.24, 2.45) is 0 Å². The number of rotatable bonds is 6. The van der Waals surface area contributed by atoms with E-state index in [-0.39, 0.29) is 5.91 Å². The van der Waals surface area contributed by atoms with E-state index in [0.29, 0.717) is 24.2 Å². The van der Waals surface area contributed by atoms with Crippen LogP contribution in [0.5, 0.6) is 0 Å². The summed E-state index contributed by atoms with van der Waals surface area (Å²) in [5.74, 6) is -0.358. The van der Waals surface area contributed by atoms with Crippen LogP contribution in [0.15, 0.2) is 85.1 Å². The van der Waals surface area contributed by atoms with Crippen LogP contribution in [0.1, 0.15) is 23.7 Å². The molecule has 4 nitrogen and oxygen atoms in total. The van der Waals surface area contributed by atoms with Gasteiger partial charge in [-0.3, -0.25) is 9.78 Å². The summed E-state index contributed by atoms with van der Waals surface area (Å²) in [5, 5.41) is 11.6. The van der Waals surface area contributed by atoms with Crippen molar-refractivity contribution in [2.45, 2.75) is 19.1 Å². The van der Waals surface area contributed by atoms with E-state index in [2.05, 4.69) is 4.98 Å². The number of nitrogens with zero attached hydrogens (tertiary/aromatic N) is 2. The summed E-state index contributed by atoms with van der Waals surface area (Å²) in [4.78, 5) is 19.4. The van der Waals surface area contributed by atoms with Crippen molar-refractivity contribution < 1.29 is 9.90 Å². The molecule has 0 radical (unpaired) electrons. The molecule has 0 saturated carbocycles. The van der Waals surface area contributed by atoms with Crippen molar-refractivity contribution in [2.75, 3.05) is 6.54 Å². The summed E-state index contributed by atoms with van der Waals surface area (Å²) in [6.45, 7) is 2.72. The van der Waals surface area contributed by atoms with E-state index in [9.17, 15) is 9.90 Å². The SMILES string of the molecule is CCN(Cc1ccccn1)C(=O)C(O)(c1ccccc1)c1ccccc1. The zero-order chi connectivity index (χ0) is 18.4. The Balaban J connectivity index is 2.02. The van der Waals surface area contributed by atoms with Crippen molar-refractivity contribution in [1.82, 2.24) is 9.88 Å². The van der Waals surface area contributed by atoms with Crippen molar-refractivity contribution in [3.8, 4) is 0 Å². The van der Waals surface area contributed by atoms with E-state index in [1.807, 2.05) is 61.5 Å². The Morgan fingerprint density at radius 3 is 1.92 bits per heavy atom. The molecule has 0 unspecified atom stereocenters. The average molecular weight is 346 g/mol. The zero-order valence-electron chi connectivity index (χ0n) is 14.7. The van der Waals surface area contributed by atoms with E-state index < -0.39 is 5.60 Å². The molecule has 0 aliphatic carbocycles. The van der Waals surface area contributed by atoms with Crippen molar-refractivity contribution in [3.05, 3.63) is 102 Å². The molecule has 26 heavy (non-hydrogen) atoms. The third-order valence-corrected chi connectivity index (χ3v) is 4.44. The summed E-state index contributed by atoms with van der Waals surface area (Å²) in [6.07, 6.45) is 1.70. The molecule has 4 heteroatoms. The molecule has 1 aromatic heterocycles. The summed E-state index contributed by atoms with van der Waals surface area (Å²) in [5.41, 5.74) is 0.144. The summed E-state index contributed by atoms with van der Waals surface area (Å²) in [7, 11) is 0. The van der Waals surface area contributed by atoms with Gasteiger partial charge in [0.15, 0.2) is 5.60 Å². The molecule has 3 aromatic rings. The van der Waals surface area contributed by atoms with Crippen LogP contribution in [0, 0.1) is 0 Å². The second kappa shape index (κ2) is 7.93. The van der Waals surface area contributed by atoms with E-state index in [1.54, 1.807) is 35.4 Å². The van der Waals surface area contributed by atoms with Gasteiger partial charge in [-0.1, -0.05) is 66.7 Å². The van der Waals surface area contributed by atoms with Gasteiger partial charge in [-0.2, -0.15) is 0 Å². The fraction of sp³-hybridized carbons (Fsp3) is 0.182. The first-order chi connectivity index (χ1) is 12.7. The Morgan fingerprint density at radius 2 is 1.46 bits per heavy atom. The highest BCUT2D eigenvalue weighted by molar-refractivity contribution is 5.90. The highest BCUT2D eigenvalue weighted by Gasteiger charge is 2.42. The molecular weight excluding hydrogens is 324 g/mol. The van der Waals surface area contributed by atoms with Crippen LogP contribution < -0.4 is 0 Å². The molecule has 2 aromatic carbocycles. The number of benzene rings is 2. The molecule has 0 aliphatic rings. The topological polar surface area (TPSA) is 53.4 Å². The van der Waals surface area contributed by atoms with Crippen LogP contribution in [0.2, 0.25) is 0 Å². The first-order valence-corrected chi connectivity index (χ1v) is 8.69. The number of aromatic nitrogens is 1. The Kier molecular flexibility index (Phi) is 5.44. The van der Waals surface area contributed by atoms with Gasteiger partial charge in [0.25, 0.3) is 5.91 Å². The average Bonchev–Trinajstić information content (AvgIpc) is 2.73. The Hall–Kier alpha value is -2.98. The molecule has 0 saturated heterocycles. The molecule has 0 aliphatic heterocycles. The number of aliphatic hydroxyl groups is 1. The maximum atomic E-state index is 13.4. The molecule has 1 heterocycles. The Labute approximate surface area is 153 Å². The number of hydrogen-bond acceptors (Lipinski definition) is 3. The molecule has 0 atom stereocenters. The molecule has 3 rings (SSSR count). The molecule has 0 spiro atoms. The third-order valence-electron chi connectivity index (χ3n) is 4.44. The van der Waals surface area contributed by atoms with Gasteiger partial charge in [-0.05, 0) is 30.2 Å². The largest absolute Gasteiger partial charge is 0.372 e. The van der Waals surface area contributed by atoms with Crippen LogP contribution in [0.4, 0.5) is 0 Å². The predicted molar refractivity (Wildman–Crippen MR) is 101 cm³/mol. The molecule has 132 valence electrons. The minimum atomic E-state index is -1.74. The van der Waals surface area contributed by atoms with Gasteiger partial charge in [0, 0.05) is 12.7 Å². The molecule has 1 N–H and O–H groups in total. The van der Waals surface area contributed by atoms with Gasteiger partial charge in [0.1, 0.15) is 0 Å². The predicted octanol–water partition coefficient (Wildman–Crippen LogP) is 3.37. The second-order valence-corrected chi connectivity index (χ2v) is 6.08. The highest BCUT2D eigenvalue weighted by atomic mass is 16.3. The number of amides is 1. The smallest absolute Gasteiger partial charge is 0.264 e. The van der Waals surface area contributed by atoms with Crippen LogP contribution in [-0.2, 0) is 16.9 Å². The minimum Gasteiger partial charge on any atom is -0.372 e. The maximum absolute atomic E-state index is 13.4. The van der Waals surface area contributed by atoms with Crippen molar-refractivity contribution in [1.29, 1.82) is 0 Å². The summed E-state index contributed by atoms with van der Waals surface area (Å²) >= 11 is 0. The zero-order valence-corrected chi connectivity index (χ0v) is 14.7. The quantitative estimate of drug-likeness (QED) is 0.744. The molecule has 1 amide bonds. The summed E-state index contributed by atoms with van der Waals surface area (Å²) < 4.78 is 0. The van der Waals surface area contributed by atoms with Gasteiger partial charge < -0.3 is 10.0 Å². The van der Waals surface area contributed by atoms with Gasteiger partial charge in [-0.25, -0.2) is 0 Å². The van der Waals surface area contributed by atoms with Crippen molar-refractivity contribution >= 4 is 5.91 Å². The molecule has 0 fully saturated rings. The number of carbonyl (C=O) groups excluding carboxylic acids is 1. The normalized spacial score (nSPS) is 11.2. The van der Waals surface area contributed by atoms with Gasteiger partial charge in [0.05, 0.1) is 12.2 Å². The fourth-order valence-corrected chi connectivity index (χ4v) is 3.02. The van der Waals surface area contributed by atoms with E-state index in [4.69, 9.17) is 0 Å². The first kappa shape index (κ1) is 17.8. The lowest BCUT2D eigenvalue weighted by molar-refractivity contribution is -0.148. The number of hydrogen-bond donors (Lipinski definition) is 1. The van der Waals surface area contributed by atoms with Gasteiger partial charge in [-0.15, -0.1) is 0 Å². The highest BCUT2D eigenvalue weighted by Crippen LogP contribution is 2.32. The number of carbonyl (C=O) groups is 1. The first-order valence-electron chi connectivity index (χ1n) is 8.69. The monoisotopic (exact) mass is 346 g/mol. The van der Waals surface area contributed by atoms with Gasteiger partial charge in [0.2, 0.25) is 0 Å². The summed E-state index contributed by atoms with van der Waals surface area (Å²) in [6, 6.07) is 23.7. The maximum Gasteiger partial charge on any atom is 0.264 e. The third kappa shape index (κ3) is 3.51. The van der Waals surface area contributed by atoms with Crippen LogP contribution in [0.3, 0.4) is 0 Å². The van der Waals surface area contributed by atoms with E-state index >= 15 is 0 Å². The standard InChI is InChI=1S/C22H22N2O2/c1-2-24(17-20-15-9-10-16-23-20)21(25)22(26,18-11-5-3-6-12-18)19-13-7-4-8-14-19/h3-16,26H,2,17H2,1H3.